The second kappa shape index (κ2) is 6.98. The summed E-state index contributed by atoms with van der Waals surface area (Å²) in [6.07, 6.45) is 3.40. The standard InChI is InChI=1S/C20H13ClN2O3S/c21-14-7-5-12(6-8-14)17(24)11-23-19(25)18(27-20(23)26)9-13-10-22-16-4-2-1-3-15(13)16/h1-10,25H,11H2/b13-9+. The fourth-order valence-electron chi connectivity index (χ4n) is 2.81. The Morgan fingerprint density at radius 3 is 2.70 bits per heavy atom. The maximum absolute atomic E-state index is 12.4. The normalized spacial score (nSPS) is 13.9. The average Bonchev–Trinajstić information content (AvgIpc) is 3.19. The van der Waals surface area contributed by atoms with Crippen LogP contribution in [-0.4, -0.2) is 21.7 Å². The molecule has 4 rings (SSSR count). The highest BCUT2D eigenvalue weighted by Gasteiger charge is 2.18. The molecule has 3 aromatic rings. The van der Waals surface area contributed by atoms with Crippen molar-refractivity contribution in [1.29, 1.82) is 0 Å². The van der Waals surface area contributed by atoms with Crippen molar-refractivity contribution < 1.29 is 9.90 Å². The summed E-state index contributed by atoms with van der Waals surface area (Å²) in [5.41, 5.74) is 3.00. The van der Waals surface area contributed by atoms with Crippen molar-refractivity contribution in [1.82, 2.24) is 4.57 Å². The van der Waals surface area contributed by atoms with Gasteiger partial charge in [0.1, 0.15) is 0 Å². The van der Waals surface area contributed by atoms with E-state index in [-0.39, 0.29) is 18.2 Å². The lowest BCUT2D eigenvalue weighted by Gasteiger charge is -2.04. The van der Waals surface area contributed by atoms with Crippen molar-refractivity contribution in [2.75, 3.05) is 0 Å². The second-order valence-corrected chi connectivity index (χ2v) is 7.38. The van der Waals surface area contributed by atoms with E-state index in [1.807, 2.05) is 24.3 Å². The third kappa shape index (κ3) is 3.37. The van der Waals surface area contributed by atoms with Gasteiger partial charge >= 0.3 is 4.87 Å². The topological polar surface area (TPSA) is 71.7 Å². The molecule has 1 aliphatic heterocycles. The lowest BCUT2D eigenvalue weighted by molar-refractivity contribution is 0.0968. The number of benzene rings is 2. The Morgan fingerprint density at radius 1 is 1.19 bits per heavy atom. The quantitative estimate of drug-likeness (QED) is 0.664. The molecule has 1 N–H and O–H groups in total. The van der Waals surface area contributed by atoms with Crippen molar-refractivity contribution in [2.45, 2.75) is 6.54 Å². The highest BCUT2D eigenvalue weighted by molar-refractivity contribution is 7.10. The Labute approximate surface area is 163 Å². The fourth-order valence-corrected chi connectivity index (χ4v) is 3.78. The predicted octanol–water partition coefficient (Wildman–Crippen LogP) is 4.41. The number of carbonyl (C=O) groups is 1. The molecule has 0 saturated carbocycles. The van der Waals surface area contributed by atoms with Crippen LogP contribution in [0.4, 0.5) is 5.69 Å². The smallest absolute Gasteiger partial charge is 0.311 e. The molecule has 134 valence electrons. The summed E-state index contributed by atoms with van der Waals surface area (Å²) >= 11 is 6.71. The number of rotatable bonds is 4. The first-order valence-electron chi connectivity index (χ1n) is 8.09. The van der Waals surface area contributed by atoms with Crippen LogP contribution in [0.5, 0.6) is 5.88 Å². The van der Waals surface area contributed by atoms with E-state index >= 15 is 0 Å². The first kappa shape index (κ1) is 17.5. The molecule has 5 nitrogen and oxygen atoms in total. The first-order chi connectivity index (χ1) is 13.0. The second-order valence-electron chi connectivity index (χ2n) is 5.95. The molecule has 2 aromatic carbocycles. The molecule has 1 aromatic heterocycles. The molecule has 27 heavy (non-hydrogen) atoms. The van der Waals surface area contributed by atoms with Gasteiger partial charge in [0.05, 0.1) is 17.1 Å². The number of allylic oxidation sites excluding steroid dienone is 1. The summed E-state index contributed by atoms with van der Waals surface area (Å²) in [4.78, 5) is 29.0. The largest absolute Gasteiger partial charge is 0.493 e. The Hall–Kier alpha value is -2.96. The zero-order chi connectivity index (χ0) is 19.0. The molecule has 0 bridgehead atoms. The van der Waals surface area contributed by atoms with Crippen molar-refractivity contribution >= 4 is 52.3 Å². The van der Waals surface area contributed by atoms with Crippen LogP contribution in [0, 0.1) is 0 Å². The zero-order valence-electron chi connectivity index (χ0n) is 13.9. The molecule has 0 spiro atoms. The van der Waals surface area contributed by atoms with Gasteiger partial charge in [0.25, 0.3) is 0 Å². The van der Waals surface area contributed by atoms with E-state index in [4.69, 9.17) is 11.6 Å². The lowest BCUT2D eigenvalue weighted by atomic mass is 10.1. The van der Waals surface area contributed by atoms with E-state index in [9.17, 15) is 14.7 Å². The number of ketones is 1. The number of hydrogen-bond acceptors (Lipinski definition) is 5. The van der Waals surface area contributed by atoms with Gasteiger partial charge in [-0.25, -0.2) is 0 Å². The number of halogens is 1. The Morgan fingerprint density at radius 2 is 1.93 bits per heavy atom. The van der Waals surface area contributed by atoms with Gasteiger partial charge in [-0.3, -0.25) is 19.1 Å². The average molecular weight is 397 g/mol. The van der Waals surface area contributed by atoms with Crippen molar-refractivity contribution in [3.05, 3.63) is 79.2 Å². The molecule has 0 saturated heterocycles. The summed E-state index contributed by atoms with van der Waals surface area (Å²) in [7, 11) is 0. The molecule has 0 amide bonds. The van der Waals surface area contributed by atoms with Crippen molar-refractivity contribution in [3.63, 3.8) is 0 Å². The van der Waals surface area contributed by atoms with Crippen LogP contribution in [0.2, 0.25) is 5.02 Å². The predicted molar refractivity (Wildman–Crippen MR) is 108 cm³/mol. The summed E-state index contributed by atoms with van der Waals surface area (Å²) in [5, 5.41) is 11.0. The number of para-hydroxylation sites is 1. The van der Waals surface area contributed by atoms with E-state index < -0.39 is 4.87 Å². The van der Waals surface area contributed by atoms with Gasteiger partial charge in [0.15, 0.2) is 5.78 Å². The van der Waals surface area contributed by atoms with E-state index in [0.717, 1.165) is 32.7 Å². The summed E-state index contributed by atoms with van der Waals surface area (Å²) in [5.74, 6) is -0.508. The van der Waals surface area contributed by atoms with Gasteiger partial charge in [-0.15, -0.1) is 0 Å². The number of nitrogens with zero attached hydrogens (tertiary/aromatic N) is 2. The number of carbonyl (C=O) groups excluding carboxylic acids is 1. The maximum atomic E-state index is 12.4. The number of hydrogen-bond donors (Lipinski definition) is 1. The Balaban J connectivity index is 1.64. The molecule has 0 aliphatic carbocycles. The van der Waals surface area contributed by atoms with E-state index in [1.165, 1.54) is 0 Å². The molecule has 7 heteroatoms. The monoisotopic (exact) mass is 396 g/mol. The van der Waals surface area contributed by atoms with Crippen molar-refractivity contribution in [2.24, 2.45) is 4.99 Å². The van der Waals surface area contributed by atoms with Gasteiger partial charge in [-0.2, -0.15) is 0 Å². The van der Waals surface area contributed by atoms with Crippen LogP contribution in [0.15, 0.2) is 58.3 Å². The van der Waals surface area contributed by atoms with Gasteiger partial charge in [-0.1, -0.05) is 41.1 Å². The summed E-state index contributed by atoms with van der Waals surface area (Å²) in [6, 6.07) is 14.0. The summed E-state index contributed by atoms with van der Waals surface area (Å²) < 4.78 is 1.08. The van der Waals surface area contributed by atoms with Crippen molar-refractivity contribution in [3.8, 4) is 5.88 Å². The molecule has 1 aliphatic rings. The van der Waals surface area contributed by atoms with Gasteiger partial charge < -0.3 is 5.11 Å². The molecule has 0 fully saturated rings. The minimum absolute atomic E-state index is 0.224. The number of aromatic nitrogens is 1. The highest BCUT2D eigenvalue weighted by Crippen LogP contribution is 2.34. The minimum atomic E-state index is -0.398. The van der Waals surface area contributed by atoms with E-state index in [0.29, 0.717) is 15.5 Å². The lowest BCUT2D eigenvalue weighted by Crippen LogP contribution is -2.18. The molecular weight excluding hydrogens is 384 g/mol. The number of fused-ring (bicyclic) bond motifs is 1. The van der Waals surface area contributed by atoms with Crippen LogP contribution >= 0.6 is 22.9 Å². The number of Topliss-reactive ketones (excluding diaryl/α,β-unsaturated/α-hetero) is 1. The SMILES string of the molecule is O=C(Cn1c(O)c(/C=C2\C=Nc3ccccc32)sc1=O)c1ccc(Cl)cc1. The van der Waals surface area contributed by atoms with Crippen LogP contribution in [0.25, 0.3) is 11.6 Å². The third-order valence-electron chi connectivity index (χ3n) is 4.21. The van der Waals surface area contributed by atoms with E-state index in [2.05, 4.69) is 4.99 Å². The van der Waals surface area contributed by atoms with Crippen LogP contribution in [-0.2, 0) is 6.54 Å². The van der Waals surface area contributed by atoms with Gasteiger partial charge in [0, 0.05) is 27.9 Å². The molecule has 0 radical (unpaired) electrons. The zero-order valence-corrected chi connectivity index (χ0v) is 15.5. The maximum Gasteiger partial charge on any atom is 0.311 e. The first-order valence-corrected chi connectivity index (χ1v) is 9.29. The number of aliphatic imine (C=N–C) groups is 1. The Bertz CT molecular complexity index is 1160. The van der Waals surface area contributed by atoms with E-state index in [1.54, 1.807) is 36.6 Å². The number of thiazole rings is 1. The van der Waals surface area contributed by atoms with Gasteiger partial charge in [0.2, 0.25) is 5.88 Å². The van der Waals surface area contributed by atoms with Crippen LogP contribution < -0.4 is 4.87 Å². The summed E-state index contributed by atoms with van der Waals surface area (Å²) in [6.45, 7) is -0.239. The number of aromatic hydroxyl groups is 1. The minimum Gasteiger partial charge on any atom is -0.493 e. The molecule has 0 atom stereocenters. The molecule has 0 unspecified atom stereocenters. The van der Waals surface area contributed by atoms with Crippen LogP contribution in [0.3, 0.4) is 0 Å². The highest BCUT2D eigenvalue weighted by atomic mass is 35.5. The van der Waals surface area contributed by atoms with Crippen LogP contribution in [0.1, 0.15) is 20.8 Å². The Kier molecular flexibility index (Phi) is 4.51. The fraction of sp³-hybridized carbons (Fsp3) is 0.0500. The molecular formula is C20H13ClN2O3S. The molecule has 2 heterocycles. The third-order valence-corrected chi connectivity index (χ3v) is 5.37. The van der Waals surface area contributed by atoms with Gasteiger partial charge in [-0.05, 0) is 36.4 Å².